The molecule has 0 saturated heterocycles. The standard InChI is InChI=1S/C18H39N5O.HI/c1-19-18(20-11-14-22(2)13-8-16-24-4)21-12-15-23(3)17-9-6-5-7-10-17;/h17H,5-16H2,1-4H3,(H2,19,20,21);1H. The van der Waals surface area contributed by atoms with E-state index in [9.17, 15) is 0 Å². The maximum atomic E-state index is 5.08. The van der Waals surface area contributed by atoms with Crippen molar-refractivity contribution in [1.82, 2.24) is 20.4 Å². The maximum absolute atomic E-state index is 5.08. The molecule has 0 aromatic rings. The number of guanidine groups is 1. The van der Waals surface area contributed by atoms with E-state index in [-0.39, 0.29) is 24.0 Å². The topological polar surface area (TPSA) is 52.1 Å². The number of methoxy groups -OCH3 is 1. The lowest BCUT2D eigenvalue weighted by Crippen LogP contribution is -2.45. The molecule has 0 aromatic heterocycles. The first-order valence-electron chi connectivity index (χ1n) is 9.49. The summed E-state index contributed by atoms with van der Waals surface area (Å²) in [6.07, 6.45) is 8.00. The molecule has 1 saturated carbocycles. The third-order valence-electron chi connectivity index (χ3n) is 4.85. The Labute approximate surface area is 172 Å². The Kier molecular flexibility index (Phi) is 16.0. The van der Waals surface area contributed by atoms with E-state index in [4.69, 9.17) is 4.74 Å². The van der Waals surface area contributed by atoms with Gasteiger partial charge >= 0.3 is 0 Å². The fourth-order valence-corrected chi connectivity index (χ4v) is 3.23. The summed E-state index contributed by atoms with van der Waals surface area (Å²) in [7, 11) is 7.99. The molecule has 0 spiro atoms. The van der Waals surface area contributed by atoms with E-state index >= 15 is 0 Å². The van der Waals surface area contributed by atoms with Crippen LogP contribution in [-0.2, 0) is 4.74 Å². The van der Waals surface area contributed by atoms with Crippen molar-refractivity contribution in [2.24, 2.45) is 4.99 Å². The highest BCUT2D eigenvalue weighted by Gasteiger charge is 2.17. The zero-order chi connectivity index (χ0) is 17.6. The Morgan fingerprint density at radius 2 is 1.68 bits per heavy atom. The smallest absolute Gasteiger partial charge is 0.191 e. The lowest BCUT2D eigenvalue weighted by molar-refractivity contribution is 0.180. The molecule has 0 bridgehead atoms. The molecule has 1 aliphatic rings. The first-order valence-corrected chi connectivity index (χ1v) is 9.49. The van der Waals surface area contributed by atoms with Gasteiger partial charge in [-0.25, -0.2) is 0 Å². The van der Waals surface area contributed by atoms with Crippen LogP contribution in [0.1, 0.15) is 38.5 Å². The van der Waals surface area contributed by atoms with Gasteiger partial charge in [-0.2, -0.15) is 0 Å². The van der Waals surface area contributed by atoms with Crippen molar-refractivity contribution in [3.63, 3.8) is 0 Å². The van der Waals surface area contributed by atoms with Gasteiger partial charge in [-0.1, -0.05) is 19.3 Å². The number of ether oxygens (including phenoxy) is 1. The predicted molar refractivity (Wildman–Crippen MR) is 118 cm³/mol. The van der Waals surface area contributed by atoms with Gasteiger partial charge < -0.3 is 25.2 Å². The molecule has 2 N–H and O–H groups in total. The fourth-order valence-electron chi connectivity index (χ4n) is 3.23. The highest BCUT2D eigenvalue weighted by molar-refractivity contribution is 14.0. The number of nitrogens with zero attached hydrogens (tertiary/aromatic N) is 3. The number of likely N-dealkylation sites (N-methyl/N-ethyl adjacent to an activating group) is 2. The SMILES string of the molecule is CN=C(NCCN(C)CCCOC)NCCN(C)C1CCCCC1.I. The van der Waals surface area contributed by atoms with Gasteiger partial charge in [0, 0.05) is 59.5 Å². The van der Waals surface area contributed by atoms with Crippen LogP contribution < -0.4 is 10.6 Å². The van der Waals surface area contributed by atoms with Gasteiger partial charge in [-0.3, -0.25) is 4.99 Å². The molecule has 0 atom stereocenters. The number of halogens is 1. The van der Waals surface area contributed by atoms with E-state index in [0.29, 0.717) is 0 Å². The predicted octanol–water partition coefficient (Wildman–Crippen LogP) is 2.00. The molecular formula is C18H40IN5O. The van der Waals surface area contributed by atoms with Crippen LogP contribution in [-0.4, -0.2) is 89.4 Å². The van der Waals surface area contributed by atoms with Crippen molar-refractivity contribution >= 4 is 29.9 Å². The maximum Gasteiger partial charge on any atom is 0.191 e. The minimum atomic E-state index is 0. The molecule has 0 heterocycles. The molecule has 6 nitrogen and oxygen atoms in total. The Morgan fingerprint density at radius 1 is 1.04 bits per heavy atom. The quantitative estimate of drug-likeness (QED) is 0.210. The average Bonchev–Trinajstić information content (AvgIpc) is 2.61. The number of nitrogens with one attached hydrogen (secondary N) is 2. The van der Waals surface area contributed by atoms with Gasteiger partial charge in [-0.05, 0) is 33.4 Å². The first kappa shape index (κ1) is 24.9. The molecule has 0 radical (unpaired) electrons. The summed E-state index contributed by atoms with van der Waals surface area (Å²) in [4.78, 5) is 9.13. The van der Waals surface area contributed by atoms with Crippen LogP contribution in [0, 0.1) is 0 Å². The number of hydrogen-bond acceptors (Lipinski definition) is 4. The summed E-state index contributed by atoms with van der Waals surface area (Å²) in [5.41, 5.74) is 0. The molecule has 0 aromatic carbocycles. The molecule has 7 heteroatoms. The van der Waals surface area contributed by atoms with Gasteiger partial charge in [0.05, 0.1) is 0 Å². The van der Waals surface area contributed by atoms with Crippen LogP contribution in [0.3, 0.4) is 0 Å². The first-order chi connectivity index (χ1) is 11.7. The summed E-state index contributed by atoms with van der Waals surface area (Å²) in [5.74, 6) is 0.900. The highest BCUT2D eigenvalue weighted by atomic mass is 127. The van der Waals surface area contributed by atoms with Crippen LogP contribution in [0.5, 0.6) is 0 Å². The fraction of sp³-hybridized carbons (Fsp3) is 0.944. The average molecular weight is 469 g/mol. The summed E-state index contributed by atoms with van der Waals surface area (Å²) >= 11 is 0. The van der Waals surface area contributed by atoms with Crippen LogP contribution in [0.2, 0.25) is 0 Å². The van der Waals surface area contributed by atoms with Crippen LogP contribution >= 0.6 is 24.0 Å². The normalized spacial score (nSPS) is 16.2. The van der Waals surface area contributed by atoms with Crippen LogP contribution in [0.25, 0.3) is 0 Å². The largest absolute Gasteiger partial charge is 0.385 e. The number of rotatable bonds is 11. The van der Waals surface area contributed by atoms with E-state index in [1.54, 1.807) is 7.11 Å². The van der Waals surface area contributed by atoms with Gasteiger partial charge in [0.2, 0.25) is 0 Å². The Bertz CT molecular complexity index is 337. The second-order valence-electron chi connectivity index (χ2n) is 6.85. The summed E-state index contributed by atoms with van der Waals surface area (Å²) in [5, 5.41) is 6.82. The van der Waals surface area contributed by atoms with E-state index < -0.39 is 0 Å². The van der Waals surface area contributed by atoms with Crippen LogP contribution in [0.15, 0.2) is 4.99 Å². The molecule has 1 fully saturated rings. The van der Waals surface area contributed by atoms with Gasteiger partial charge in [-0.15, -0.1) is 24.0 Å². The van der Waals surface area contributed by atoms with Crippen molar-refractivity contribution in [3.05, 3.63) is 0 Å². The van der Waals surface area contributed by atoms with E-state index in [1.165, 1.54) is 32.1 Å². The summed E-state index contributed by atoms with van der Waals surface area (Å²) in [6.45, 7) is 5.82. The minimum Gasteiger partial charge on any atom is -0.385 e. The third kappa shape index (κ3) is 12.0. The van der Waals surface area contributed by atoms with E-state index in [0.717, 1.165) is 57.8 Å². The molecular weight excluding hydrogens is 429 g/mol. The third-order valence-corrected chi connectivity index (χ3v) is 4.85. The van der Waals surface area contributed by atoms with Gasteiger partial charge in [0.1, 0.15) is 0 Å². The number of aliphatic imine (C=N–C) groups is 1. The minimum absolute atomic E-state index is 0. The molecule has 1 aliphatic carbocycles. The summed E-state index contributed by atoms with van der Waals surface area (Å²) < 4.78 is 5.08. The second kappa shape index (κ2) is 16.1. The Morgan fingerprint density at radius 3 is 2.28 bits per heavy atom. The molecule has 0 aliphatic heterocycles. The summed E-state index contributed by atoms with van der Waals surface area (Å²) in [6, 6.07) is 0.774. The molecule has 1 rings (SSSR count). The van der Waals surface area contributed by atoms with Gasteiger partial charge in [0.25, 0.3) is 0 Å². The van der Waals surface area contributed by atoms with Crippen molar-refractivity contribution in [3.8, 4) is 0 Å². The number of hydrogen-bond donors (Lipinski definition) is 2. The zero-order valence-corrected chi connectivity index (χ0v) is 19.1. The van der Waals surface area contributed by atoms with E-state index in [1.807, 2.05) is 7.05 Å². The van der Waals surface area contributed by atoms with Gasteiger partial charge in [0.15, 0.2) is 5.96 Å². The molecule has 0 unspecified atom stereocenters. The van der Waals surface area contributed by atoms with Crippen molar-refractivity contribution in [2.45, 2.75) is 44.6 Å². The van der Waals surface area contributed by atoms with Crippen molar-refractivity contribution in [1.29, 1.82) is 0 Å². The molecule has 25 heavy (non-hydrogen) atoms. The zero-order valence-electron chi connectivity index (χ0n) is 16.7. The monoisotopic (exact) mass is 469 g/mol. The Balaban J connectivity index is 0.00000576. The lowest BCUT2D eigenvalue weighted by atomic mass is 9.94. The molecule has 150 valence electrons. The van der Waals surface area contributed by atoms with Crippen molar-refractivity contribution in [2.75, 3.05) is 67.6 Å². The second-order valence-corrected chi connectivity index (χ2v) is 6.85. The van der Waals surface area contributed by atoms with Crippen LogP contribution in [0.4, 0.5) is 0 Å². The lowest BCUT2D eigenvalue weighted by Gasteiger charge is -2.31. The van der Waals surface area contributed by atoms with E-state index in [2.05, 4.69) is 39.5 Å². The molecule has 0 amide bonds. The highest BCUT2D eigenvalue weighted by Crippen LogP contribution is 2.21. The Hall–Kier alpha value is -0.120. The van der Waals surface area contributed by atoms with Crippen molar-refractivity contribution < 1.29 is 4.74 Å².